The van der Waals surface area contributed by atoms with Crippen LogP contribution >= 0.6 is 11.3 Å². The van der Waals surface area contributed by atoms with Crippen molar-refractivity contribution in [3.8, 4) is 0 Å². The number of aryl methyl sites for hydroxylation is 1. The van der Waals surface area contributed by atoms with Gasteiger partial charge in [-0.3, -0.25) is 14.5 Å². The fourth-order valence-electron chi connectivity index (χ4n) is 3.25. The molecule has 0 radical (unpaired) electrons. The number of hydrogen-bond acceptors (Lipinski definition) is 5. The number of aromatic nitrogens is 2. The van der Waals surface area contributed by atoms with Crippen LogP contribution in [0, 0.1) is 0 Å². The lowest BCUT2D eigenvalue weighted by atomic mass is 10.1. The SMILES string of the molecule is CCc1nnc(CNC(=O)[C@@H](C)N2C(=O)c3cccc4cccc2c34)s1. The largest absolute Gasteiger partial charge is 0.348 e. The van der Waals surface area contributed by atoms with Gasteiger partial charge in [0.05, 0.1) is 12.2 Å². The zero-order valence-electron chi connectivity index (χ0n) is 14.5. The van der Waals surface area contributed by atoms with E-state index in [1.807, 2.05) is 43.3 Å². The Balaban J connectivity index is 1.55. The maximum absolute atomic E-state index is 12.9. The van der Waals surface area contributed by atoms with Crippen LogP contribution in [-0.4, -0.2) is 28.1 Å². The zero-order valence-corrected chi connectivity index (χ0v) is 15.3. The van der Waals surface area contributed by atoms with Crippen LogP contribution in [0.25, 0.3) is 10.8 Å². The minimum atomic E-state index is -0.612. The molecular formula is C19H18N4O2S. The summed E-state index contributed by atoms with van der Waals surface area (Å²) in [6.07, 6.45) is 0.826. The average molecular weight is 366 g/mol. The van der Waals surface area contributed by atoms with Crippen LogP contribution in [0.4, 0.5) is 5.69 Å². The topological polar surface area (TPSA) is 75.2 Å². The Labute approximate surface area is 154 Å². The molecule has 6 nitrogen and oxygen atoms in total. The van der Waals surface area contributed by atoms with Crippen LogP contribution in [-0.2, 0) is 17.8 Å². The molecule has 2 heterocycles. The predicted octanol–water partition coefficient (Wildman–Crippen LogP) is 2.92. The van der Waals surface area contributed by atoms with E-state index in [9.17, 15) is 9.59 Å². The lowest BCUT2D eigenvalue weighted by Gasteiger charge is -2.24. The molecule has 4 rings (SSSR count). The minimum Gasteiger partial charge on any atom is -0.348 e. The number of nitrogens with one attached hydrogen (secondary N) is 1. The fourth-order valence-corrected chi connectivity index (χ4v) is 3.98. The number of rotatable bonds is 5. The first-order valence-electron chi connectivity index (χ1n) is 8.54. The summed E-state index contributed by atoms with van der Waals surface area (Å²) in [5.74, 6) is -0.347. The van der Waals surface area contributed by atoms with Crippen molar-refractivity contribution in [1.82, 2.24) is 15.5 Å². The van der Waals surface area contributed by atoms with Crippen molar-refractivity contribution in [3.63, 3.8) is 0 Å². The molecule has 7 heteroatoms. The zero-order chi connectivity index (χ0) is 18.3. The van der Waals surface area contributed by atoms with Gasteiger partial charge in [-0.15, -0.1) is 10.2 Å². The summed E-state index contributed by atoms with van der Waals surface area (Å²) >= 11 is 1.49. The summed E-state index contributed by atoms with van der Waals surface area (Å²) in [6, 6.07) is 10.8. The van der Waals surface area contributed by atoms with Crippen molar-refractivity contribution in [3.05, 3.63) is 52.0 Å². The lowest BCUT2D eigenvalue weighted by Crippen LogP contribution is -2.46. The quantitative estimate of drug-likeness (QED) is 0.753. The third kappa shape index (κ3) is 2.64. The Morgan fingerprint density at radius 2 is 1.92 bits per heavy atom. The smallest absolute Gasteiger partial charge is 0.259 e. The first-order chi connectivity index (χ1) is 12.6. The highest BCUT2D eigenvalue weighted by atomic mass is 32.1. The standard InChI is InChI=1S/C19H18N4O2S/c1-3-15-21-22-16(26-15)10-20-18(24)11(2)23-14-9-5-7-12-6-4-8-13(17(12)14)19(23)25/h4-9,11H,3,10H2,1-2H3,(H,20,24)/t11-/m1/s1. The molecule has 3 aromatic rings. The first kappa shape index (κ1) is 16.7. The van der Waals surface area contributed by atoms with Crippen molar-refractivity contribution in [1.29, 1.82) is 0 Å². The number of anilines is 1. The molecule has 132 valence electrons. The summed E-state index contributed by atoms with van der Waals surface area (Å²) in [4.78, 5) is 27.1. The molecule has 26 heavy (non-hydrogen) atoms. The average Bonchev–Trinajstić information content (AvgIpc) is 3.24. The third-order valence-electron chi connectivity index (χ3n) is 4.58. The van der Waals surface area contributed by atoms with E-state index in [0.29, 0.717) is 12.1 Å². The Kier molecular flexibility index (Phi) is 4.16. The lowest BCUT2D eigenvalue weighted by molar-refractivity contribution is -0.122. The molecule has 0 bridgehead atoms. The number of amides is 2. The van der Waals surface area contributed by atoms with Crippen LogP contribution in [0.5, 0.6) is 0 Å². The van der Waals surface area contributed by atoms with Crippen molar-refractivity contribution in [2.75, 3.05) is 4.90 Å². The number of carbonyl (C=O) groups is 2. The van der Waals surface area contributed by atoms with E-state index in [1.165, 1.54) is 11.3 Å². The Morgan fingerprint density at radius 1 is 1.19 bits per heavy atom. The van der Waals surface area contributed by atoms with Gasteiger partial charge in [-0.2, -0.15) is 0 Å². The number of nitrogens with zero attached hydrogens (tertiary/aromatic N) is 3. The molecule has 0 fully saturated rings. The van der Waals surface area contributed by atoms with E-state index in [2.05, 4.69) is 15.5 Å². The molecule has 0 aliphatic carbocycles. The highest BCUT2D eigenvalue weighted by molar-refractivity contribution is 7.11. The second-order valence-electron chi connectivity index (χ2n) is 6.19. The highest BCUT2D eigenvalue weighted by Crippen LogP contribution is 2.38. The molecule has 1 aliphatic rings. The fraction of sp³-hybridized carbons (Fsp3) is 0.263. The minimum absolute atomic E-state index is 0.136. The molecule has 0 unspecified atom stereocenters. The Bertz CT molecular complexity index is 1010. The van der Waals surface area contributed by atoms with Gasteiger partial charge >= 0.3 is 0 Å². The van der Waals surface area contributed by atoms with E-state index < -0.39 is 6.04 Å². The Hall–Kier alpha value is -2.80. The van der Waals surface area contributed by atoms with Crippen molar-refractivity contribution in [2.24, 2.45) is 0 Å². The van der Waals surface area contributed by atoms with Crippen LogP contribution in [0.3, 0.4) is 0 Å². The van der Waals surface area contributed by atoms with E-state index >= 15 is 0 Å². The summed E-state index contributed by atoms with van der Waals surface area (Å²) in [5.41, 5.74) is 1.43. The van der Waals surface area contributed by atoms with Gasteiger partial charge in [0.1, 0.15) is 16.1 Å². The van der Waals surface area contributed by atoms with Gasteiger partial charge in [0.25, 0.3) is 5.91 Å². The molecule has 1 N–H and O–H groups in total. The number of carbonyl (C=O) groups excluding carboxylic acids is 2. The molecule has 0 saturated heterocycles. The van der Waals surface area contributed by atoms with Gasteiger partial charge in [-0.25, -0.2) is 0 Å². The molecule has 1 aliphatic heterocycles. The number of benzene rings is 2. The van der Waals surface area contributed by atoms with E-state index in [4.69, 9.17) is 0 Å². The first-order valence-corrected chi connectivity index (χ1v) is 9.36. The summed E-state index contributed by atoms with van der Waals surface area (Å²) in [6.45, 7) is 4.08. The maximum atomic E-state index is 12.9. The van der Waals surface area contributed by atoms with Gasteiger partial charge in [0.15, 0.2) is 0 Å². The van der Waals surface area contributed by atoms with E-state index in [-0.39, 0.29) is 11.8 Å². The predicted molar refractivity (Wildman–Crippen MR) is 101 cm³/mol. The molecule has 2 aromatic carbocycles. The molecule has 2 amide bonds. The van der Waals surface area contributed by atoms with Gasteiger partial charge < -0.3 is 5.32 Å². The molecule has 0 saturated carbocycles. The number of hydrogen-bond donors (Lipinski definition) is 1. The molecule has 1 atom stereocenters. The van der Waals surface area contributed by atoms with E-state index in [0.717, 1.165) is 32.9 Å². The van der Waals surface area contributed by atoms with Crippen molar-refractivity contribution < 1.29 is 9.59 Å². The molecular weight excluding hydrogens is 348 g/mol. The van der Waals surface area contributed by atoms with Crippen LogP contribution in [0.2, 0.25) is 0 Å². The second-order valence-corrected chi connectivity index (χ2v) is 7.34. The summed E-state index contributed by atoms with van der Waals surface area (Å²) in [5, 5.41) is 14.6. The third-order valence-corrected chi connectivity index (χ3v) is 5.65. The van der Waals surface area contributed by atoms with Crippen molar-refractivity contribution >= 4 is 39.6 Å². The van der Waals surface area contributed by atoms with Gasteiger partial charge in [0.2, 0.25) is 5.91 Å². The monoisotopic (exact) mass is 366 g/mol. The van der Waals surface area contributed by atoms with Crippen LogP contribution < -0.4 is 10.2 Å². The van der Waals surface area contributed by atoms with Gasteiger partial charge in [-0.05, 0) is 30.9 Å². The highest BCUT2D eigenvalue weighted by Gasteiger charge is 2.35. The second kappa shape index (κ2) is 6.49. The Morgan fingerprint density at radius 3 is 2.65 bits per heavy atom. The molecule has 1 aromatic heterocycles. The van der Waals surface area contributed by atoms with E-state index in [1.54, 1.807) is 11.8 Å². The van der Waals surface area contributed by atoms with Gasteiger partial charge in [-0.1, -0.05) is 42.5 Å². The van der Waals surface area contributed by atoms with Crippen molar-refractivity contribution in [2.45, 2.75) is 32.9 Å². The molecule has 0 spiro atoms. The maximum Gasteiger partial charge on any atom is 0.259 e. The van der Waals surface area contributed by atoms with Crippen LogP contribution in [0.15, 0.2) is 36.4 Å². The normalized spacial score (nSPS) is 14.1. The van der Waals surface area contributed by atoms with Gasteiger partial charge in [0, 0.05) is 10.9 Å². The summed E-state index contributed by atoms with van der Waals surface area (Å²) < 4.78 is 0. The van der Waals surface area contributed by atoms with Crippen LogP contribution in [0.1, 0.15) is 34.2 Å². The summed E-state index contributed by atoms with van der Waals surface area (Å²) in [7, 11) is 0.